The highest BCUT2D eigenvalue weighted by molar-refractivity contribution is 7.16. The molecule has 0 aliphatic carbocycles. The number of amides is 2. The molecular formula is C22H20Cl3N3O2S. The fourth-order valence-electron chi connectivity index (χ4n) is 3.03. The van der Waals surface area contributed by atoms with E-state index in [2.05, 4.69) is 4.98 Å². The minimum atomic E-state index is -0.389. The van der Waals surface area contributed by atoms with Gasteiger partial charge < -0.3 is 4.90 Å². The Kier molecular flexibility index (Phi) is 7.59. The molecule has 0 bridgehead atoms. The van der Waals surface area contributed by atoms with E-state index >= 15 is 0 Å². The number of aromatic nitrogens is 1. The van der Waals surface area contributed by atoms with Crippen LogP contribution in [-0.2, 0) is 0 Å². The number of rotatable bonds is 6. The maximum Gasteiger partial charge on any atom is 0.273 e. The minimum Gasteiger partial charge on any atom is -0.338 e. The molecule has 0 saturated heterocycles. The molecule has 5 nitrogen and oxygen atoms in total. The number of hydrogen-bond acceptors (Lipinski definition) is 4. The molecular weight excluding hydrogens is 477 g/mol. The third kappa shape index (κ3) is 5.04. The van der Waals surface area contributed by atoms with E-state index in [9.17, 15) is 9.59 Å². The Balaban J connectivity index is 2.11. The topological polar surface area (TPSA) is 53.5 Å². The van der Waals surface area contributed by atoms with Gasteiger partial charge in [0, 0.05) is 28.0 Å². The van der Waals surface area contributed by atoms with Crippen molar-refractivity contribution in [1.82, 2.24) is 9.88 Å². The second-order valence-electron chi connectivity index (χ2n) is 6.62. The van der Waals surface area contributed by atoms with Gasteiger partial charge in [-0.15, -0.1) is 11.3 Å². The number of carbonyl (C=O) groups is 2. The molecule has 9 heteroatoms. The fraction of sp³-hybridized carbons (Fsp3) is 0.227. The van der Waals surface area contributed by atoms with Gasteiger partial charge in [0.1, 0.15) is 5.69 Å². The van der Waals surface area contributed by atoms with Crippen molar-refractivity contribution in [2.24, 2.45) is 0 Å². The predicted octanol–water partition coefficient (Wildman–Crippen LogP) is 6.87. The van der Waals surface area contributed by atoms with Crippen LogP contribution in [0.1, 0.15) is 39.6 Å². The van der Waals surface area contributed by atoms with Crippen LogP contribution in [-0.4, -0.2) is 34.8 Å². The summed E-state index contributed by atoms with van der Waals surface area (Å²) in [4.78, 5) is 34.8. The third-order valence-corrected chi connectivity index (χ3v) is 6.44. The Morgan fingerprint density at radius 3 is 2.13 bits per heavy atom. The van der Waals surface area contributed by atoms with Crippen LogP contribution in [0.3, 0.4) is 0 Å². The number of aryl methyl sites for hydroxylation is 1. The second-order valence-corrected chi connectivity index (χ2v) is 9.08. The smallest absolute Gasteiger partial charge is 0.273 e. The van der Waals surface area contributed by atoms with Crippen molar-refractivity contribution in [2.45, 2.75) is 20.8 Å². The molecule has 0 radical (unpaired) electrons. The molecule has 3 rings (SSSR count). The Bertz CT molecular complexity index is 1110. The maximum atomic E-state index is 13.5. The van der Waals surface area contributed by atoms with Gasteiger partial charge in [0.25, 0.3) is 11.8 Å². The lowest BCUT2D eigenvalue weighted by atomic mass is 10.2. The Labute approximate surface area is 200 Å². The number of nitrogens with zero attached hydrogens (tertiary/aromatic N) is 3. The summed E-state index contributed by atoms with van der Waals surface area (Å²) >= 11 is 19.6. The highest BCUT2D eigenvalue weighted by atomic mass is 35.5. The molecule has 0 atom stereocenters. The molecule has 0 saturated carbocycles. The second kappa shape index (κ2) is 10.0. The largest absolute Gasteiger partial charge is 0.338 e. The summed E-state index contributed by atoms with van der Waals surface area (Å²) in [6.45, 7) is 6.79. The van der Waals surface area contributed by atoms with Crippen molar-refractivity contribution in [2.75, 3.05) is 18.0 Å². The summed E-state index contributed by atoms with van der Waals surface area (Å²) in [7, 11) is 0. The lowest BCUT2D eigenvalue weighted by Crippen LogP contribution is -2.31. The number of anilines is 2. The first-order valence-electron chi connectivity index (χ1n) is 9.58. The quantitative estimate of drug-likeness (QED) is 0.374. The number of carbonyl (C=O) groups excluding carboxylic acids is 2. The molecule has 1 heterocycles. The lowest BCUT2D eigenvalue weighted by molar-refractivity contribution is 0.0766. The van der Waals surface area contributed by atoms with Crippen molar-refractivity contribution in [3.63, 3.8) is 0 Å². The molecule has 31 heavy (non-hydrogen) atoms. The van der Waals surface area contributed by atoms with E-state index in [1.165, 1.54) is 22.3 Å². The molecule has 2 amide bonds. The zero-order valence-corrected chi connectivity index (χ0v) is 20.2. The van der Waals surface area contributed by atoms with Crippen molar-refractivity contribution in [3.05, 3.63) is 73.7 Å². The number of thiazole rings is 1. The van der Waals surface area contributed by atoms with Crippen molar-refractivity contribution < 1.29 is 9.59 Å². The summed E-state index contributed by atoms with van der Waals surface area (Å²) in [5.74, 6) is -0.558. The van der Waals surface area contributed by atoms with Crippen LogP contribution in [0.5, 0.6) is 0 Å². The van der Waals surface area contributed by atoms with Crippen LogP contribution in [0.15, 0.2) is 42.5 Å². The Morgan fingerprint density at radius 2 is 1.55 bits per heavy atom. The number of benzene rings is 2. The molecule has 2 aromatic carbocycles. The van der Waals surface area contributed by atoms with E-state index in [1.54, 1.807) is 41.3 Å². The van der Waals surface area contributed by atoms with E-state index in [0.29, 0.717) is 39.6 Å². The summed E-state index contributed by atoms with van der Waals surface area (Å²) in [5, 5.41) is 1.56. The normalized spacial score (nSPS) is 10.8. The summed E-state index contributed by atoms with van der Waals surface area (Å²) in [6, 6.07) is 11.5. The Hall–Kier alpha value is -2.12. The van der Waals surface area contributed by atoms with Crippen LogP contribution in [0.2, 0.25) is 15.1 Å². The summed E-state index contributed by atoms with van der Waals surface area (Å²) < 4.78 is 0. The van der Waals surface area contributed by atoms with Crippen molar-refractivity contribution >= 4 is 68.8 Å². The first kappa shape index (κ1) is 23.5. The van der Waals surface area contributed by atoms with Gasteiger partial charge in [0.15, 0.2) is 5.13 Å². The van der Waals surface area contributed by atoms with Crippen LogP contribution >= 0.6 is 46.1 Å². The van der Waals surface area contributed by atoms with Gasteiger partial charge in [-0.25, -0.2) is 4.98 Å². The molecule has 162 valence electrons. The fourth-order valence-corrected chi connectivity index (χ4v) is 4.56. The molecule has 0 unspecified atom stereocenters. The van der Waals surface area contributed by atoms with E-state index in [0.717, 1.165) is 4.88 Å². The third-order valence-electron chi connectivity index (χ3n) is 4.68. The minimum absolute atomic E-state index is 0.168. The summed E-state index contributed by atoms with van der Waals surface area (Å²) in [5.41, 5.74) is 1.15. The lowest BCUT2D eigenvalue weighted by Gasteiger charge is -2.21. The molecule has 0 spiro atoms. The first-order valence-corrected chi connectivity index (χ1v) is 11.5. The van der Waals surface area contributed by atoms with Gasteiger partial charge in [-0.2, -0.15) is 0 Å². The average Bonchev–Trinajstić information content (AvgIpc) is 3.11. The Morgan fingerprint density at radius 1 is 0.935 bits per heavy atom. The highest BCUT2D eigenvalue weighted by Gasteiger charge is 2.28. The first-order chi connectivity index (χ1) is 14.8. The van der Waals surface area contributed by atoms with Crippen LogP contribution in [0.25, 0.3) is 0 Å². The highest BCUT2D eigenvalue weighted by Crippen LogP contribution is 2.35. The van der Waals surface area contributed by atoms with E-state index < -0.39 is 0 Å². The van der Waals surface area contributed by atoms with Crippen LogP contribution in [0.4, 0.5) is 10.8 Å². The van der Waals surface area contributed by atoms with Gasteiger partial charge in [-0.3, -0.25) is 14.5 Å². The molecule has 0 fully saturated rings. The molecule has 0 aliphatic rings. The van der Waals surface area contributed by atoms with Crippen molar-refractivity contribution in [3.8, 4) is 0 Å². The standard InChI is InChI=1S/C22H20Cl3N3O2S/c1-4-27(5-2)21(30)19-13(3)31-22(26-19)28(16-9-6-14(23)7-10-16)20(29)17-11-8-15(24)12-18(17)25/h6-12H,4-5H2,1-3H3. The van der Waals surface area contributed by atoms with Gasteiger partial charge in [-0.1, -0.05) is 34.8 Å². The number of halogens is 3. The predicted molar refractivity (Wildman–Crippen MR) is 128 cm³/mol. The average molecular weight is 497 g/mol. The zero-order valence-electron chi connectivity index (χ0n) is 17.2. The molecule has 3 aromatic rings. The molecule has 0 aliphatic heterocycles. The van der Waals surface area contributed by atoms with Gasteiger partial charge in [0.2, 0.25) is 0 Å². The van der Waals surface area contributed by atoms with E-state index in [-0.39, 0.29) is 22.4 Å². The SMILES string of the molecule is CCN(CC)C(=O)c1nc(N(C(=O)c2ccc(Cl)cc2Cl)c2ccc(Cl)cc2)sc1C. The molecule has 1 aromatic heterocycles. The summed E-state index contributed by atoms with van der Waals surface area (Å²) in [6.07, 6.45) is 0. The monoisotopic (exact) mass is 495 g/mol. The zero-order chi connectivity index (χ0) is 22.7. The van der Waals surface area contributed by atoms with Gasteiger partial charge >= 0.3 is 0 Å². The van der Waals surface area contributed by atoms with Crippen LogP contribution < -0.4 is 4.90 Å². The van der Waals surface area contributed by atoms with Crippen molar-refractivity contribution in [1.29, 1.82) is 0 Å². The molecule has 0 N–H and O–H groups in total. The van der Waals surface area contributed by atoms with E-state index in [4.69, 9.17) is 34.8 Å². The maximum absolute atomic E-state index is 13.5. The van der Waals surface area contributed by atoms with Gasteiger partial charge in [-0.05, 0) is 63.2 Å². The van der Waals surface area contributed by atoms with Crippen LogP contribution in [0, 0.1) is 6.92 Å². The number of hydrogen-bond donors (Lipinski definition) is 0. The van der Waals surface area contributed by atoms with Gasteiger partial charge in [0.05, 0.1) is 16.3 Å². The van der Waals surface area contributed by atoms with E-state index in [1.807, 2.05) is 20.8 Å².